The van der Waals surface area contributed by atoms with Crippen molar-refractivity contribution < 1.29 is 14.3 Å². The van der Waals surface area contributed by atoms with Crippen molar-refractivity contribution >= 4 is 22.5 Å². The van der Waals surface area contributed by atoms with Gasteiger partial charge in [0.15, 0.2) is 0 Å². The smallest absolute Gasteiger partial charge is 0.271 e. The van der Waals surface area contributed by atoms with Crippen molar-refractivity contribution in [2.45, 2.75) is 38.6 Å². The van der Waals surface area contributed by atoms with Gasteiger partial charge in [0.25, 0.3) is 11.5 Å². The molecular formula is C22H19FN4O3. The van der Waals surface area contributed by atoms with Gasteiger partial charge in [-0.15, -0.1) is 0 Å². The maximum Gasteiger partial charge on any atom is 0.271 e. The number of aromatic hydroxyl groups is 1. The summed E-state index contributed by atoms with van der Waals surface area (Å²) < 4.78 is 15.8. The van der Waals surface area contributed by atoms with E-state index < -0.39 is 11.7 Å². The number of phenols is 1. The molecule has 7 nitrogen and oxygen atoms in total. The number of hydrogen-bond acceptors (Lipinski definition) is 5. The molecule has 152 valence electrons. The summed E-state index contributed by atoms with van der Waals surface area (Å²) in [6.07, 6.45) is 2.04. The predicted molar refractivity (Wildman–Crippen MR) is 109 cm³/mol. The number of carbonyl (C=O) groups is 1. The number of carbonyl (C=O) groups excluding carboxylic acids is 1. The number of rotatable bonds is 2. The molecule has 0 spiro atoms. The normalized spacial score (nSPS) is 18.6. The zero-order chi connectivity index (χ0) is 21.0. The Morgan fingerprint density at radius 1 is 1.33 bits per heavy atom. The van der Waals surface area contributed by atoms with E-state index in [0.717, 1.165) is 18.7 Å². The maximum atomic E-state index is 14.1. The molecular weight excluding hydrogens is 387 g/mol. The van der Waals surface area contributed by atoms with Gasteiger partial charge in [-0.05, 0) is 49.1 Å². The molecule has 1 aromatic heterocycles. The van der Waals surface area contributed by atoms with Crippen LogP contribution in [-0.2, 0) is 13.0 Å². The van der Waals surface area contributed by atoms with Crippen LogP contribution in [0.4, 0.5) is 4.39 Å². The lowest BCUT2D eigenvalue weighted by Crippen LogP contribution is -2.22. The predicted octanol–water partition coefficient (Wildman–Crippen LogP) is 2.83. The SMILES string of the molecule is C[C@H]1C/C(=N\NC(=O)c2ccc3c(=O)n4c(nc3c2)CCC4)c2c(O)ccc(F)c21. The molecule has 0 radical (unpaired) electrons. The Morgan fingerprint density at radius 2 is 2.17 bits per heavy atom. The van der Waals surface area contributed by atoms with Crippen molar-refractivity contribution in [3.05, 3.63) is 69.0 Å². The molecule has 1 atom stereocenters. The number of aromatic nitrogens is 2. The number of hydrazone groups is 1. The summed E-state index contributed by atoms with van der Waals surface area (Å²) in [7, 11) is 0. The fourth-order valence-corrected chi connectivity index (χ4v) is 4.37. The minimum Gasteiger partial charge on any atom is -0.507 e. The summed E-state index contributed by atoms with van der Waals surface area (Å²) in [6.45, 7) is 2.52. The molecule has 1 amide bonds. The molecule has 2 aliphatic rings. The van der Waals surface area contributed by atoms with Crippen molar-refractivity contribution in [2.24, 2.45) is 5.10 Å². The van der Waals surface area contributed by atoms with Gasteiger partial charge in [0.2, 0.25) is 0 Å². The molecule has 0 unspecified atom stereocenters. The van der Waals surface area contributed by atoms with Gasteiger partial charge in [-0.2, -0.15) is 5.10 Å². The van der Waals surface area contributed by atoms with Crippen LogP contribution in [0.25, 0.3) is 10.9 Å². The molecule has 1 aliphatic carbocycles. The van der Waals surface area contributed by atoms with Crippen LogP contribution in [0.5, 0.6) is 5.75 Å². The molecule has 2 N–H and O–H groups in total. The molecule has 8 heteroatoms. The number of hydrogen-bond donors (Lipinski definition) is 2. The van der Waals surface area contributed by atoms with Crippen LogP contribution < -0.4 is 11.0 Å². The number of benzene rings is 2. The zero-order valence-electron chi connectivity index (χ0n) is 16.3. The summed E-state index contributed by atoms with van der Waals surface area (Å²) in [5.74, 6) is -0.343. The molecule has 0 bridgehead atoms. The van der Waals surface area contributed by atoms with Crippen LogP contribution >= 0.6 is 0 Å². The average Bonchev–Trinajstić information content (AvgIpc) is 3.33. The van der Waals surface area contributed by atoms with Crippen molar-refractivity contribution in [3.63, 3.8) is 0 Å². The lowest BCUT2D eigenvalue weighted by atomic mass is 10.0. The summed E-state index contributed by atoms with van der Waals surface area (Å²) in [5, 5.41) is 14.8. The summed E-state index contributed by atoms with van der Waals surface area (Å²) in [4.78, 5) is 29.7. The minimum absolute atomic E-state index is 0.0621. The largest absolute Gasteiger partial charge is 0.507 e. The third-order valence-electron chi connectivity index (χ3n) is 5.82. The molecule has 1 aliphatic heterocycles. The molecule has 3 aromatic rings. The zero-order valence-corrected chi connectivity index (χ0v) is 16.3. The highest BCUT2D eigenvalue weighted by Crippen LogP contribution is 2.39. The molecule has 0 saturated carbocycles. The van der Waals surface area contributed by atoms with Crippen LogP contribution in [0.15, 0.2) is 40.2 Å². The molecule has 2 aromatic carbocycles. The van der Waals surface area contributed by atoms with Gasteiger partial charge in [-0.25, -0.2) is 14.8 Å². The maximum absolute atomic E-state index is 14.1. The first kappa shape index (κ1) is 18.5. The Balaban J connectivity index is 1.46. The van der Waals surface area contributed by atoms with E-state index in [2.05, 4.69) is 15.5 Å². The Morgan fingerprint density at radius 3 is 3.00 bits per heavy atom. The van der Waals surface area contributed by atoms with Crippen LogP contribution in [0, 0.1) is 5.82 Å². The van der Waals surface area contributed by atoms with E-state index in [4.69, 9.17) is 0 Å². The third-order valence-corrected chi connectivity index (χ3v) is 5.82. The summed E-state index contributed by atoms with van der Waals surface area (Å²) in [5.41, 5.74) is 4.37. The molecule has 2 heterocycles. The number of phenolic OH excluding ortho intramolecular Hbond substituents is 1. The van der Waals surface area contributed by atoms with Gasteiger partial charge in [0, 0.05) is 29.7 Å². The van der Waals surface area contributed by atoms with E-state index in [1.165, 1.54) is 12.1 Å². The number of fused-ring (bicyclic) bond motifs is 3. The lowest BCUT2D eigenvalue weighted by molar-refractivity contribution is 0.0955. The Labute approximate surface area is 170 Å². The third kappa shape index (κ3) is 2.79. The standard InChI is InChI=1S/C22H19FN4O3/c1-11-9-16(20-17(28)7-6-14(23)19(11)20)25-26-21(29)12-4-5-13-15(10-12)24-18-3-2-8-27(18)22(13)30/h4-7,10-11,28H,2-3,8-9H2,1H3,(H,26,29)/b25-16+/t11-/m0/s1. The van der Waals surface area contributed by atoms with Crippen LogP contribution in [0.1, 0.15) is 53.0 Å². The van der Waals surface area contributed by atoms with Crippen molar-refractivity contribution in [3.8, 4) is 5.75 Å². The number of aryl methyl sites for hydroxylation is 1. The number of halogens is 1. The van der Waals surface area contributed by atoms with Crippen molar-refractivity contribution in [2.75, 3.05) is 0 Å². The summed E-state index contributed by atoms with van der Waals surface area (Å²) >= 11 is 0. The van der Waals surface area contributed by atoms with Crippen molar-refractivity contribution in [1.82, 2.24) is 15.0 Å². The van der Waals surface area contributed by atoms with Crippen LogP contribution in [0.2, 0.25) is 0 Å². The first-order valence-electron chi connectivity index (χ1n) is 9.86. The Kier molecular flexibility index (Phi) is 4.16. The number of nitrogens with zero attached hydrogens (tertiary/aromatic N) is 3. The van der Waals surface area contributed by atoms with Crippen molar-refractivity contribution in [1.29, 1.82) is 0 Å². The second-order valence-corrected chi connectivity index (χ2v) is 7.78. The highest BCUT2D eigenvalue weighted by molar-refractivity contribution is 6.08. The average molecular weight is 406 g/mol. The fourth-order valence-electron chi connectivity index (χ4n) is 4.37. The number of nitrogens with one attached hydrogen (secondary N) is 1. The van der Waals surface area contributed by atoms with E-state index in [1.54, 1.807) is 22.8 Å². The van der Waals surface area contributed by atoms with Crippen LogP contribution in [-0.4, -0.2) is 26.3 Å². The second-order valence-electron chi connectivity index (χ2n) is 7.78. The van der Waals surface area contributed by atoms with Gasteiger partial charge >= 0.3 is 0 Å². The molecule has 0 fully saturated rings. The van der Waals surface area contributed by atoms with Gasteiger partial charge in [-0.1, -0.05) is 6.92 Å². The van der Waals surface area contributed by atoms with E-state index >= 15 is 0 Å². The minimum atomic E-state index is -0.469. The van der Waals surface area contributed by atoms with Crippen LogP contribution in [0.3, 0.4) is 0 Å². The van der Waals surface area contributed by atoms with Gasteiger partial charge in [0.1, 0.15) is 17.4 Å². The molecule has 30 heavy (non-hydrogen) atoms. The quantitative estimate of drug-likeness (QED) is 0.640. The number of amides is 1. The first-order chi connectivity index (χ1) is 14.4. The van der Waals surface area contributed by atoms with Gasteiger partial charge in [0.05, 0.1) is 16.6 Å². The highest BCUT2D eigenvalue weighted by atomic mass is 19.1. The lowest BCUT2D eigenvalue weighted by Gasteiger charge is -2.07. The first-order valence-corrected chi connectivity index (χ1v) is 9.86. The molecule has 5 rings (SSSR count). The van der Waals surface area contributed by atoms with E-state index in [9.17, 15) is 19.1 Å². The van der Waals surface area contributed by atoms with E-state index in [-0.39, 0.29) is 17.2 Å². The fraction of sp³-hybridized carbons (Fsp3) is 0.273. The van der Waals surface area contributed by atoms with E-state index in [0.29, 0.717) is 46.3 Å². The van der Waals surface area contributed by atoms with Gasteiger partial charge in [-0.3, -0.25) is 14.2 Å². The van der Waals surface area contributed by atoms with E-state index in [1.807, 2.05) is 6.92 Å². The topological polar surface area (TPSA) is 96.6 Å². The Bertz CT molecular complexity index is 1310. The summed E-state index contributed by atoms with van der Waals surface area (Å²) in [6, 6.07) is 7.26. The van der Waals surface area contributed by atoms with Gasteiger partial charge < -0.3 is 5.11 Å². The highest BCUT2D eigenvalue weighted by Gasteiger charge is 2.30. The second kappa shape index (κ2) is 6.76. The monoisotopic (exact) mass is 406 g/mol. The Hall–Kier alpha value is -3.55. The molecule has 0 saturated heterocycles.